The van der Waals surface area contributed by atoms with Crippen LogP contribution in [0.2, 0.25) is 0 Å². The number of carbonyl (C=O) groups excluding carboxylic acids is 2. The predicted molar refractivity (Wildman–Crippen MR) is 60.2 cm³/mol. The van der Waals surface area contributed by atoms with E-state index in [1.54, 1.807) is 6.08 Å². The first-order valence-corrected chi connectivity index (χ1v) is 5.19. The second-order valence-electron chi connectivity index (χ2n) is 3.34. The van der Waals surface area contributed by atoms with Gasteiger partial charge in [-0.15, -0.1) is 6.58 Å². The van der Waals surface area contributed by atoms with Gasteiger partial charge in [-0.3, -0.25) is 0 Å². The van der Waals surface area contributed by atoms with Gasteiger partial charge in [0.15, 0.2) is 0 Å². The van der Waals surface area contributed by atoms with Crippen molar-refractivity contribution in [3.8, 4) is 0 Å². The van der Waals surface area contributed by atoms with Gasteiger partial charge >= 0.3 is 17.7 Å². The van der Waals surface area contributed by atoms with Crippen LogP contribution in [0.1, 0.15) is 19.8 Å². The number of esters is 2. The summed E-state index contributed by atoms with van der Waals surface area (Å²) in [5.41, 5.74) is 7.73. The van der Waals surface area contributed by atoms with Gasteiger partial charge < -0.3 is 15.0 Å². The molecular weight excluding hydrogens is 224 g/mol. The summed E-state index contributed by atoms with van der Waals surface area (Å²) >= 11 is 0. The van der Waals surface area contributed by atoms with Crippen molar-refractivity contribution in [3.05, 3.63) is 18.2 Å². The van der Waals surface area contributed by atoms with E-state index in [1.165, 1.54) is 0 Å². The largest absolute Gasteiger partial charge is 0.482 e. The molecule has 17 heavy (non-hydrogen) atoms. The fourth-order valence-corrected chi connectivity index (χ4v) is 1.11. The van der Waals surface area contributed by atoms with Gasteiger partial charge in [-0.2, -0.15) is 4.79 Å². The molecule has 94 valence electrons. The number of ether oxygens (including phenoxy) is 2. The molecule has 0 heterocycles. The first-order chi connectivity index (χ1) is 8.10. The van der Waals surface area contributed by atoms with Gasteiger partial charge in [0, 0.05) is 0 Å². The maximum absolute atomic E-state index is 11.4. The normalized spacial score (nSPS) is 10.9. The first-order valence-electron chi connectivity index (χ1n) is 5.19. The van der Waals surface area contributed by atoms with Gasteiger partial charge in [-0.05, 0) is 18.8 Å². The van der Waals surface area contributed by atoms with E-state index in [-0.39, 0.29) is 12.5 Å². The molecule has 0 aliphatic rings. The number of methoxy groups -OCH3 is 1. The van der Waals surface area contributed by atoms with Crippen LogP contribution in [0, 0.1) is 5.92 Å². The third kappa shape index (κ3) is 5.08. The highest BCUT2D eigenvalue weighted by Gasteiger charge is 2.32. The van der Waals surface area contributed by atoms with Crippen molar-refractivity contribution in [2.45, 2.75) is 19.8 Å². The number of carbonyl (C=O) groups is 2. The molecule has 0 spiro atoms. The molecule has 0 bridgehead atoms. The lowest BCUT2D eigenvalue weighted by Gasteiger charge is -2.11. The summed E-state index contributed by atoms with van der Waals surface area (Å²) in [6.45, 7) is 5.67. The van der Waals surface area contributed by atoms with Crippen molar-refractivity contribution in [2.24, 2.45) is 5.92 Å². The van der Waals surface area contributed by atoms with Crippen LogP contribution in [-0.4, -0.2) is 36.2 Å². The summed E-state index contributed by atoms with van der Waals surface area (Å²) in [5.74, 6) is -1.90. The fourth-order valence-electron chi connectivity index (χ4n) is 1.11. The topological polar surface area (TPSA) is 89.0 Å². The molecule has 0 saturated heterocycles. The zero-order valence-corrected chi connectivity index (χ0v) is 10.0. The number of hydrogen-bond acceptors (Lipinski definition) is 4. The fraction of sp³-hybridized carbons (Fsp3) is 0.545. The Kier molecular flexibility index (Phi) is 7.30. The molecule has 0 amide bonds. The molecule has 6 nitrogen and oxygen atoms in total. The Labute approximate surface area is 99.8 Å². The van der Waals surface area contributed by atoms with Gasteiger partial charge in [0.1, 0.15) is 0 Å². The lowest BCUT2D eigenvalue weighted by Crippen LogP contribution is -2.29. The zero-order chi connectivity index (χ0) is 13.3. The van der Waals surface area contributed by atoms with E-state index >= 15 is 0 Å². The van der Waals surface area contributed by atoms with Crippen molar-refractivity contribution in [3.63, 3.8) is 0 Å². The Morgan fingerprint density at radius 1 is 1.47 bits per heavy atom. The number of rotatable bonds is 7. The Morgan fingerprint density at radius 3 is 2.53 bits per heavy atom. The predicted octanol–water partition coefficient (Wildman–Crippen LogP) is 0.976. The minimum absolute atomic E-state index is 0.133. The lowest BCUT2D eigenvalue weighted by atomic mass is 10.0. The Bertz CT molecular complexity index is 345. The van der Waals surface area contributed by atoms with Crippen LogP contribution in [0.25, 0.3) is 5.53 Å². The molecular formula is C11H16N2O4. The molecule has 0 aliphatic carbocycles. The van der Waals surface area contributed by atoms with Crippen molar-refractivity contribution in [2.75, 3.05) is 13.7 Å². The van der Waals surface area contributed by atoms with Crippen LogP contribution < -0.4 is 0 Å². The van der Waals surface area contributed by atoms with E-state index in [0.717, 1.165) is 13.5 Å². The quantitative estimate of drug-likeness (QED) is 0.166. The monoisotopic (exact) mass is 240 g/mol. The third-order valence-electron chi connectivity index (χ3n) is 2.20. The number of hydrogen-bond donors (Lipinski definition) is 0. The van der Waals surface area contributed by atoms with Gasteiger partial charge in [0.25, 0.3) is 0 Å². The maximum Gasteiger partial charge on any atom is 0.482 e. The van der Waals surface area contributed by atoms with E-state index in [1.807, 2.05) is 6.92 Å². The summed E-state index contributed by atoms with van der Waals surface area (Å²) < 4.78 is 9.10. The highest BCUT2D eigenvalue weighted by atomic mass is 16.5. The second-order valence-corrected chi connectivity index (χ2v) is 3.34. The summed E-state index contributed by atoms with van der Waals surface area (Å²) in [6, 6.07) is 0. The van der Waals surface area contributed by atoms with E-state index in [2.05, 4.69) is 16.1 Å². The zero-order valence-electron chi connectivity index (χ0n) is 10.0. The van der Waals surface area contributed by atoms with Gasteiger partial charge in [0.2, 0.25) is 0 Å². The number of nitrogens with zero attached hydrogens (tertiary/aromatic N) is 2. The highest BCUT2D eigenvalue weighted by Crippen LogP contribution is 2.09. The standard InChI is InChI=1S/C11H16N2O4/c1-4-6-8(5-2)7-17-11(15)9(13-12)10(14)16-3/h4,8H,1,5-7H2,2-3H3. The Hall–Kier alpha value is -1.94. The molecule has 0 saturated carbocycles. The van der Waals surface area contributed by atoms with E-state index in [0.29, 0.717) is 6.42 Å². The molecule has 0 fully saturated rings. The Balaban J connectivity index is 4.39. The summed E-state index contributed by atoms with van der Waals surface area (Å²) in [7, 11) is 1.08. The minimum Gasteiger partial charge on any atom is -0.460 e. The van der Waals surface area contributed by atoms with Gasteiger partial charge in [-0.1, -0.05) is 13.0 Å². The smallest absolute Gasteiger partial charge is 0.460 e. The SMILES string of the molecule is C=CCC(CC)COC(=O)C(=[N+]=[N-])C(=O)OC. The van der Waals surface area contributed by atoms with Crippen molar-refractivity contribution in [1.82, 2.24) is 0 Å². The summed E-state index contributed by atoms with van der Waals surface area (Å²) in [5, 5.41) is 0. The minimum atomic E-state index is -1.03. The van der Waals surface area contributed by atoms with Gasteiger partial charge in [-0.25, -0.2) is 9.59 Å². The third-order valence-corrected chi connectivity index (χ3v) is 2.20. The van der Waals surface area contributed by atoms with Crippen molar-refractivity contribution < 1.29 is 23.9 Å². The van der Waals surface area contributed by atoms with Crippen LogP contribution >= 0.6 is 0 Å². The summed E-state index contributed by atoms with van der Waals surface area (Å²) in [6.07, 6.45) is 3.24. The average molecular weight is 240 g/mol. The first kappa shape index (κ1) is 15.1. The van der Waals surface area contributed by atoms with Crippen LogP contribution in [0.4, 0.5) is 0 Å². The van der Waals surface area contributed by atoms with Crippen molar-refractivity contribution >= 4 is 17.7 Å². The van der Waals surface area contributed by atoms with Gasteiger partial charge in [0.05, 0.1) is 13.7 Å². The number of allylic oxidation sites excluding steroid dienone is 1. The maximum atomic E-state index is 11.4. The average Bonchev–Trinajstić information content (AvgIpc) is 2.34. The molecule has 0 rings (SSSR count). The molecule has 0 aromatic heterocycles. The van der Waals surface area contributed by atoms with Crippen LogP contribution in [0.3, 0.4) is 0 Å². The van der Waals surface area contributed by atoms with Crippen LogP contribution in [0.5, 0.6) is 0 Å². The molecule has 0 N–H and O–H groups in total. The summed E-state index contributed by atoms with van der Waals surface area (Å²) in [4.78, 5) is 24.9. The van der Waals surface area contributed by atoms with Crippen molar-refractivity contribution in [1.29, 1.82) is 0 Å². The molecule has 0 radical (unpaired) electrons. The van der Waals surface area contributed by atoms with E-state index in [4.69, 9.17) is 10.3 Å². The second kappa shape index (κ2) is 8.24. The molecule has 1 unspecified atom stereocenters. The molecule has 0 aromatic rings. The van der Waals surface area contributed by atoms with Crippen LogP contribution in [-0.2, 0) is 19.1 Å². The van der Waals surface area contributed by atoms with E-state index in [9.17, 15) is 9.59 Å². The Morgan fingerprint density at radius 2 is 2.12 bits per heavy atom. The molecule has 0 aliphatic heterocycles. The van der Waals surface area contributed by atoms with E-state index < -0.39 is 17.7 Å². The highest BCUT2D eigenvalue weighted by molar-refractivity contribution is 6.60. The lowest BCUT2D eigenvalue weighted by molar-refractivity contribution is -0.148. The molecule has 0 aromatic carbocycles. The van der Waals surface area contributed by atoms with Crippen LogP contribution in [0.15, 0.2) is 12.7 Å². The molecule has 6 heteroatoms. The molecule has 1 atom stereocenters.